The highest BCUT2D eigenvalue weighted by molar-refractivity contribution is 4.82. The second kappa shape index (κ2) is 8.86. The van der Waals surface area contributed by atoms with E-state index in [9.17, 15) is 5.11 Å². The van der Waals surface area contributed by atoms with E-state index < -0.39 is 0 Å². The van der Waals surface area contributed by atoms with Crippen LogP contribution in [0.5, 0.6) is 0 Å². The van der Waals surface area contributed by atoms with Gasteiger partial charge in [0.05, 0.1) is 13.2 Å². The van der Waals surface area contributed by atoms with Gasteiger partial charge in [-0.2, -0.15) is 0 Å². The molecule has 0 bridgehead atoms. The van der Waals surface area contributed by atoms with E-state index in [0.717, 1.165) is 32.7 Å². The van der Waals surface area contributed by atoms with Gasteiger partial charge in [0, 0.05) is 32.3 Å². The monoisotopic (exact) mass is 246 g/mol. The Morgan fingerprint density at radius 3 is 2.41 bits per heavy atom. The minimum Gasteiger partial charge on any atom is -0.394 e. The molecular formula is C13H30N2O2. The van der Waals surface area contributed by atoms with Crippen LogP contribution in [0.25, 0.3) is 0 Å². The zero-order valence-corrected chi connectivity index (χ0v) is 12.1. The predicted molar refractivity (Wildman–Crippen MR) is 72.3 cm³/mol. The lowest BCUT2D eigenvalue weighted by Gasteiger charge is -2.31. The van der Waals surface area contributed by atoms with Gasteiger partial charge >= 0.3 is 0 Å². The Kier molecular flexibility index (Phi) is 8.78. The molecule has 0 rings (SSSR count). The van der Waals surface area contributed by atoms with Crippen molar-refractivity contribution in [2.24, 2.45) is 5.92 Å². The summed E-state index contributed by atoms with van der Waals surface area (Å²) in [7, 11) is 3.64. The van der Waals surface area contributed by atoms with E-state index in [0.29, 0.717) is 5.92 Å². The Labute approximate surface area is 106 Å². The Hall–Kier alpha value is -0.160. The maximum absolute atomic E-state index is 9.35. The van der Waals surface area contributed by atoms with E-state index in [1.807, 2.05) is 7.05 Å². The molecule has 0 aliphatic heterocycles. The van der Waals surface area contributed by atoms with E-state index in [1.54, 1.807) is 7.11 Å². The fourth-order valence-electron chi connectivity index (χ4n) is 1.72. The first-order valence-corrected chi connectivity index (χ1v) is 6.48. The van der Waals surface area contributed by atoms with E-state index >= 15 is 0 Å². The fraction of sp³-hybridized carbons (Fsp3) is 1.00. The van der Waals surface area contributed by atoms with Crippen LogP contribution < -0.4 is 5.32 Å². The van der Waals surface area contributed by atoms with Gasteiger partial charge in [0.25, 0.3) is 0 Å². The highest BCUT2D eigenvalue weighted by Crippen LogP contribution is 2.10. The Morgan fingerprint density at radius 1 is 1.35 bits per heavy atom. The number of hydrogen-bond donors (Lipinski definition) is 2. The van der Waals surface area contributed by atoms with Crippen LogP contribution in [0.4, 0.5) is 0 Å². The molecule has 0 heterocycles. The molecule has 0 spiro atoms. The van der Waals surface area contributed by atoms with E-state index in [2.05, 4.69) is 31.0 Å². The largest absolute Gasteiger partial charge is 0.394 e. The molecule has 0 saturated carbocycles. The van der Waals surface area contributed by atoms with Crippen LogP contribution in [0.3, 0.4) is 0 Å². The van der Waals surface area contributed by atoms with Crippen molar-refractivity contribution in [3.63, 3.8) is 0 Å². The second-order valence-corrected chi connectivity index (χ2v) is 5.41. The molecule has 17 heavy (non-hydrogen) atoms. The minimum absolute atomic E-state index is 0.170. The highest BCUT2D eigenvalue weighted by atomic mass is 16.5. The van der Waals surface area contributed by atoms with Gasteiger partial charge in [0.2, 0.25) is 0 Å². The molecular weight excluding hydrogens is 216 g/mol. The van der Waals surface area contributed by atoms with Crippen molar-refractivity contribution in [2.45, 2.75) is 32.7 Å². The van der Waals surface area contributed by atoms with Crippen LogP contribution in [0.2, 0.25) is 0 Å². The SMILES string of the molecule is CNC(C)(CO)CCN(CCOC)CC(C)C. The lowest BCUT2D eigenvalue weighted by molar-refractivity contribution is 0.117. The lowest BCUT2D eigenvalue weighted by atomic mass is 9.99. The van der Waals surface area contributed by atoms with Crippen LogP contribution in [0, 0.1) is 5.92 Å². The Balaban J connectivity index is 4.13. The number of nitrogens with zero attached hydrogens (tertiary/aromatic N) is 1. The van der Waals surface area contributed by atoms with Gasteiger partial charge in [-0.15, -0.1) is 0 Å². The van der Waals surface area contributed by atoms with Gasteiger partial charge in [0.15, 0.2) is 0 Å². The molecule has 4 nitrogen and oxygen atoms in total. The molecule has 0 aromatic heterocycles. The molecule has 0 aliphatic rings. The van der Waals surface area contributed by atoms with Gasteiger partial charge in [0.1, 0.15) is 0 Å². The summed E-state index contributed by atoms with van der Waals surface area (Å²) in [6, 6.07) is 0. The molecule has 4 heteroatoms. The van der Waals surface area contributed by atoms with E-state index in [-0.39, 0.29) is 12.1 Å². The summed E-state index contributed by atoms with van der Waals surface area (Å²) in [5.41, 5.74) is -0.178. The average Bonchev–Trinajstić information content (AvgIpc) is 2.31. The zero-order valence-electron chi connectivity index (χ0n) is 12.1. The molecule has 0 aromatic carbocycles. The summed E-state index contributed by atoms with van der Waals surface area (Å²) in [5, 5.41) is 12.5. The molecule has 0 amide bonds. The van der Waals surface area contributed by atoms with Crippen LogP contribution in [0.1, 0.15) is 27.2 Å². The fourth-order valence-corrected chi connectivity index (χ4v) is 1.72. The molecule has 104 valence electrons. The molecule has 0 radical (unpaired) electrons. The number of nitrogens with one attached hydrogen (secondary N) is 1. The molecule has 0 fully saturated rings. The van der Waals surface area contributed by atoms with Crippen molar-refractivity contribution in [1.82, 2.24) is 10.2 Å². The Bertz CT molecular complexity index is 182. The van der Waals surface area contributed by atoms with Crippen LogP contribution in [-0.2, 0) is 4.74 Å². The van der Waals surface area contributed by atoms with Crippen molar-refractivity contribution >= 4 is 0 Å². The van der Waals surface area contributed by atoms with Gasteiger partial charge in [-0.05, 0) is 26.3 Å². The van der Waals surface area contributed by atoms with E-state index in [1.165, 1.54) is 0 Å². The van der Waals surface area contributed by atoms with Crippen LogP contribution >= 0.6 is 0 Å². The third kappa shape index (κ3) is 7.71. The summed E-state index contributed by atoms with van der Waals surface area (Å²) < 4.78 is 5.13. The van der Waals surface area contributed by atoms with Crippen molar-refractivity contribution in [3.8, 4) is 0 Å². The second-order valence-electron chi connectivity index (χ2n) is 5.41. The van der Waals surface area contributed by atoms with Gasteiger partial charge in [-0.3, -0.25) is 0 Å². The van der Waals surface area contributed by atoms with Crippen LogP contribution in [-0.4, -0.2) is 62.6 Å². The van der Waals surface area contributed by atoms with Crippen molar-refractivity contribution in [2.75, 3.05) is 47.0 Å². The first kappa shape index (κ1) is 16.8. The van der Waals surface area contributed by atoms with Crippen molar-refractivity contribution < 1.29 is 9.84 Å². The topological polar surface area (TPSA) is 44.7 Å². The number of ether oxygens (including phenoxy) is 1. The van der Waals surface area contributed by atoms with Gasteiger partial charge < -0.3 is 20.1 Å². The summed E-state index contributed by atoms with van der Waals surface area (Å²) in [6.45, 7) is 10.5. The maximum atomic E-state index is 9.35. The Morgan fingerprint density at radius 2 is 2.00 bits per heavy atom. The smallest absolute Gasteiger partial charge is 0.0610 e. The molecule has 1 unspecified atom stereocenters. The zero-order chi connectivity index (χ0) is 13.3. The number of aliphatic hydroxyl groups is 1. The van der Waals surface area contributed by atoms with Gasteiger partial charge in [-0.1, -0.05) is 13.8 Å². The van der Waals surface area contributed by atoms with E-state index in [4.69, 9.17) is 4.74 Å². The number of methoxy groups -OCH3 is 1. The third-order valence-corrected chi connectivity index (χ3v) is 3.17. The van der Waals surface area contributed by atoms with Crippen LogP contribution in [0.15, 0.2) is 0 Å². The number of likely N-dealkylation sites (N-methyl/N-ethyl adjacent to an activating group) is 1. The quantitative estimate of drug-likeness (QED) is 0.602. The normalized spacial score (nSPS) is 15.5. The summed E-state index contributed by atoms with van der Waals surface area (Å²) >= 11 is 0. The first-order valence-electron chi connectivity index (χ1n) is 6.48. The maximum Gasteiger partial charge on any atom is 0.0610 e. The van der Waals surface area contributed by atoms with Crippen molar-refractivity contribution in [1.29, 1.82) is 0 Å². The molecule has 0 aromatic rings. The highest BCUT2D eigenvalue weighted by Gasteiger charge is 2.21. The minimum atomic E-state index is -0.178. The molecule has 1 atom stereocenters. The van der Waals surface area contributed by atoms with Gasteiger partial charge in [-0.25, -0.2) is 0 Å². The number of rotatable bonds is 10. The molecule has 0 aliphatic carbocycles. The standard InChI is InChI=1S/C13H30N2O2/c1-12(2)10-15(8-9-17-5)7-6-13(3,11-16)14-4/h12,14,16H,6-11H2,1-5H3. The lowest BCUT2D eigenvalue weighted by Crippen LogP contribution is -2.46. The summed E-state index contributed by atoms with van der Waals surface area (Å²) in [5.74, 6) is 0.654. The summed E-state index contributed by atoms with van der Waals surface area (Å²) in [4.78, 5) is 2.40. The molecule has 2 N–H and O–H groups in total. The molecule has 0 saturated heterocycles. The first-order chi connectivity index (χ1) is 7.97. The summed E-state index contributed by atoms with van der Waals surface area (Å²) in [6.07, 6.45) is 0.941. The number of aliphatic hydroxyl groups excluding tert-OH is 1. The third-order valence-electron chi connectivity index (χ3n) is 3.17. The average molecular weight is 246 g/mol. The predicted octanol–water partition coefficient (Wildman–Crippen LogP) is 0.951. The number of hydrogen-bond acceptors (Lipinski definition) is 4. The van der Waals surface area contributed by atoms with Crippen molar-refractivity contribution in [3.05, 3.63) is 0 Å².